The van der Waals surface area contributed by atoms with Gasteiger partial charge in [0, 0.05) is 35.4 Å². The fourth-order valence-electron chi connectivity index (χ4n) is 2.89. The Morgan fingerprint density at radius 2 is 1.96 bits per heavy atom. The van der Waals surface area contributed by atoms with E-state index in [1.54, 1.807) is 48.5 Å². The summed E-state index contributed by atoms with van der Waals surface area (Å²) in [7, 11) is 1.53. The molecule has 2 amide bonds. The van der Waals surface area contributed by atoms with E-state index in [2.05, 4.69) is 5.32 Å². The third-order valence-corrected chi connectivity index (χ3v) is 4.55. The average Bonchev–Trinajstić information content (AvgIpc) is 3.08. The molecule has 1 N–H and O–H groups in total. The highest BCUT2D eigenvalue weighted by molar-refractivity contribution is 6.30. The minimum Gasteiger partial charge on any atom is -0.497 e. The van der Waals surface area contributed by atoms with Crippen LogP contribution in [0.15, 0.2) is 48.5 Å². The molecular weight excluding hydrogens is 384 g/mol. The second-order valence-electron chi connectivity index (χ2n) is 6.27. The lowest BCUT2D eigenvalue weighted by Gasteiger charge is -2.16. The number of ether oxygens (including phenoxy) is 2. The highest BCUT2D eigenvalue weighted by Gasteiger charge is 2.36. The summed E-state index contributed by atoms with van der Waals surface area (Å²) in [5.74, 6) is -1.24. The van der Waals surface area contributed by atoms with Crippen molar-refractivity contribution in [1.29, 1.82) is 0 Å². The molecule has 0 aliphatic carbocycles. The molecule has 146 valence electrons. The molecule has 1 heterocycles. The summed E-state index contributed by atoms with van der Waals surface area (Å²) in [6.07, 6.45) is 0.0406. The molecule has 1 aliphatic rings. The zero-order chi connectivity index (χ0) is 20.1. The monoisotopic (exact) mass is 402 g/mol. The predicted molar refractivity (Wildman–Crippen MR) is 104 cm³/mol. The Bertz CT molecular complexity index is 884. The van der Waals surface area contributed by atoms with Gasteiger partial charge >= 0.3 is 5.97 Å². The minimum atomic E-state index is -0.618. The van der Waals surface area contributed by atoms with Gasteiger partial charge in [-0.1, -0.05) is 17.7 Å². The van der Waals surface area contributed by atoms with Gasteiger partial charge < -0.3 is 19.7 Å². The van der Waals surface area contributed by atoms with Crippen molar-refractivity contribution in [2.24, 2.45) is 5.92 Å². The van der Waals surface area contributed by atoms with E-state index in [4.69, 9.17) is 21.1 Å². The lowest BCUT2D eigenvalue weighted by atomic mass is 10.1. The maximum atomic E-state index is 12.3. The molecule has 0 unspecified atom stereocenters. The molecule has 2 aromatic carbocycles. The summed E-state index contributed by atoms with van der Waals surface area (Å²) in [6, 6.07) is 13.6. The van der Waals surface area contributed by atoms with E-state index in [9.17, 15) is 14.4 Å². The van der Waals surface area contributed by atoms with Crippen molar-refractivity contribution in [3.8, 4) is 5.75 Å². The van der Waals surface area contributed by atoms with Gasteiger partial charge in [0.2, 0.25) is 5.91 Å². The van der Waals surface area contributed by atoms with Crippen LogP contribution in [-0.4, -0.2) is 38.0 Å². The van der Waals surface area contributed by atoms with E-state index >= 15 is 0 Å². The van der Waals surface area contributed by atoms with E-state index in [0.29, 0.717) is 22.1 Å². The molecule has 0 saturated carbocycles. The van der Waals surface area contributed by atoms with Gasteiger partial charge in [0.1, 0.15) is 5.75 Å². The van der Waals surface area contributed by atoms with E-state index in [1.807, 2.05) is 0 Å². The van der Waals surface area contributed by atoms with Gasteiger partial charge in [-0.15, -0.1) is 0 Å². The van der Waals surface area contributed by atoms with Crippen LogP contribution in [0.5, 0.6) is 5.75 Å². The summed E-state index contributed by atoms with van der Waals surface area (Å²) in [5, 5.41) is 3.19. The predicted octanol–water partition coefficient (Wildman–Crippen LogP) is 2.88. The highest BCUT2D eigenvalue weighted by Crippen LogP contribution is 2.27. The van der Waals surface area contributed by atoms with E-state index in [1.165, 1.54) is 12.0 Å². The normalized spacial score (nSPS) is 16.0. The summed E-state index contributed by atoms with van der Waals surface area (Å²) in [5.41, 5.74) is 1.20. The summed E-state index contributed by atoms with van der Waals surface area (Å²) < 4.78 is 10.2. The first-order valence-corrected chi connectivity index (χ1v) is 9.00. The first kappa shape index (κ1) is 19.7. The number of carbonyl (C=O) groups excluding carboxylic acids is 3. The molecule has 3 rings (SSSR count). The van der Waals surface area contributed by atoms with Crippen molar-refractivity contribution in [1.82, 2.24) is 0 Å². The lowest BCUT2D eigenvalue weighted by molar-refractivity contribution is -0.151. The van der Waals surface area contributed by atoms with E-state index in [0.717, 1.165) is 0 Å². The maximum absolute atomic E-state index is 12.3. The minimum absolute atomic E-state index is 0.0406. The Balaban J connectivity index is 1.51. The van der Waals surface area contributed by atoms with Crippen LogP contribution in [0.3, 0.4) is 0 Å². The van der Waals surface area contributed by atoms with Crippen molar-refractivity contribution < 1.29 is 23.9 Å². The number of hydrogen-bond donors (Lipinski definition) is 1. The number of anilines is 2. The number of esters is 1. The standard InChI is InChI=1S/C20H19ClN2O5/c1-27-17-4-2-3-15(10-17)22-18(24)12-28-20(26)13-9-19(25)23(11-13)16-7-5-14(21)6-8-16/h2-8,10,13H,9,11-12H2,1H3,(H,22,24)/t13-/m0/s1. The molecule has 8 heteroatoms. The molecule has 7 nitrogen and oxygen atoms in total. The summed E-state index contributed by atoms with van der Waals surface area (Å²) >= 11 is 5.86. The Kier molecular flexibility index (Phi) is 6.16. The number of nitrogens with one attached hydrogen (secondary N) is 1. The second kappa shape index (κ2) is 8.75. The van der Waals surface area contributed by atoms with Crippen LogP contribution in [0, 0.1) is 5.92 Å². The van der Waals surface area contributed by atoms with E-state index < -0.39 is 24.4 Å². The molecule has 2 aromatic rings. The maximum Gasteiger partial charge on any atom is 0.311 e. The number of benzene rings is 2. The molecule has 0 bridgehead atoms. The number of methoxy groups -OCH3 is 1. The van der Waals surface area contributed by atoms with Gasteiger partial charge in [0.05, 0.1) is 13.0 Å². The second-order valence-corrected chi connectivity index (χ2v) is 6.71. The Hall–Kier alpha value is -3.06. The van der Waals surface area contributed by atoms with Crippen LogP contribution >= 0.6 is 11.6 Å². The lowest BCUT2D eigenvalue weighted by Crippen LogP contribution is -2.28. The Labute approximate surface area is 167 Å². The number of halogens is 1. The smallest absolute Gasteiger partial charge is 0.311 e. The number of rotatable bonds is 6. The number of nitrogens with zero attached hydrogens (tertiary/aromatic N) is 1. The molecule has 1 saturated heterocycles. The topological polar surface area (TPSA) is 84.9 Å². The highest BCUT2D eigenvalue weighted by atomic mass is 35.5. The van der Waals surface area contributed by atoms with Crippen LogP contribution in [0.2, 0.25) is 5.02 Å². The molecule has 0 spiro atoms. The summed E-state index contributed by atoms with van der Waals surface area (Å²) in [6.45, 7) is -0.224. The molecule has 1 fully saturated rings. The van der Waals surface area contributed by atoms with Gasteiger partial charge in [-0.3, -0.25) is 14.4 Å². The fraction of sp³-hybridized carbons (Fsp3) is 0.250. The van der Waals surface area contributed by atoms with Gasteiger partial charge in [-0.2, -0.15) is 0 Å². The van der Waals surface area contributed by atoms with Gasteiger partial charge in [0.15, 0.2) is 6.61 Å². The molecule has 28 heavy (non-hydrogen) atoms. The first-order chi connectivity index (χ1) is 13.5. The molecule has 0 radical (unpaired) electrons. The summed E-state index contributed by atoms with van der Waals surface area (Å²) in [4.78, 5) is 38.0. The van der Waals surface area contributed by atoms with Crippen molar-refractivity contribution in [2.45, 2.75) is 6.42 Å². The van der Waals surface area contributed by atoms with Crippen LogP contribution in [-0.2, 0) is 19.1 Å². The van der Waals surface area contributed by atoms with Crippen LogP contribution in [0.25, 0.3) is 0 Å². The third kappa shape index (κ3) is 4.80. The van der Waals surface area contributed by atoms with Crippen molar-refractivity contribution in [2.75, 3.05) is 30.5 Å². The van der Waals surface area contributed by atoms with Crippen LogP contribution < -0.4 is 15.0 Å². The van der Waals surface area contributed by atoms with E-state index in [-0.39, 0.29) is 18.9 Å². The number of amides is 2. The molecule has 1 atom stereocenters. The Morgan fingerprint density at radius 3 is 2.68 bits per heavy atom. The fourth-order valence-corrected chi connectivity index (χ4v) is 3.01. The van der Waals surface area contributed by atoms with Crippen LogP contribution in [0.4, 0.5) is 11.4 Å². The zero-order valence-electron chi connectivity index (χ0n) is 15.2. The van der Waals surface area contributed by atoms with Crippen molar-refractivity contribution in [3.63, 3.8) is 0 Å². The van der Waals surface area contributed by atoms with Gasteiger partial charge in [-0.05, 0) is 36.4 Å². The van der Waals surface area contributed by atoms with Crippen molar-refractivity contribution >= 4 is 40.8 Å². The third-order valence-electron chi connectivity index (χ3n) is 4.30. The molecular formula is C20H19ClN2O5. The van der Waals surface area contributed by atoms with Crippen molar-refractivity contribution in [3.05, 3.63) is 53.6 Å². The SMILES string of the molecule is COc1cccc(NC(=O)COC(=O)[C@H]2CC(=O)N(c3ccc(Cl)cc3)C2)c1. The first-order valence-electron chi connectivity index (χ1n) is 8.62. The largest absolute Gasteiger partial charge is 0.497 e. The molecule has 1 aliphatic heterocycles. The molecule has 0 aromatic heterocycles. The number of carbonyl (C=O) groups is 3. The van der Waals surface area contributed by atoms with Gasteiger partial charge in [-0.25, -0.2) is 0 Å². The zero-order valence-corrected chi connectivity index (χ0v) is 15.9. The average molecular weight is 403 g/mol. The van der Waals surface area contributed by atoms with Crippen LogP contribution in [0.1, 0.15) is 6.42 Å². The number of hydrogen-bond acceptors (Lipinski definition) is 5. The quantitative estimate of drug-likeness (QED) is 0.751. The Morgan fingerprint density at radius 1 is 1.21 bits per heavy atom. The van der Waals surface area contributed by atoms with Gasteiger partial charge in [0.25, 0.3) is 5.91 Å².